The van der Waals surface area contributed by atoms with Crippen molar-refractivity contribution < 1.29 is 9.72 Å². The number of carbonyl (C=O) groups is 1. The highest BCUT2D eigenvalue weighted by molar-refractivity contribution is 5.86. The predicted molar refractivity (Wildman–Crippen MR) is 87.1 cm³/mol. The Morgan fingerprint density at radius 2 is 1.70 bits per heavy atom. The number of aromatic nitrogens is 1. The molecule has 3 rings (SSSR count). The van der Waals surface area contributed by atoms with Crippen LogP contribution in [0.2, 0.25) is 0 Å². The molecule has 0 bridgehead atoms. The SMILES string of the molecule is O=Cc1cc([N+](=O)[O-])ccc1N1CCN(c2ccncc2)CC1. The standard InChI is InChI=1S/C16H16N4O3/c21-12-13-11-15(20(22)23)1-2-16(13)19-9-7-18(8-10-19)14-3-5-17-6-4-14/h1-6,11-12H,7-10H2. The van der Waals surface area contributed by atoms with Crippen molar-refractivity contribution in [3.8, 4) is 0 Å². The minimum atomic E-state index is -0.488. The van der Waals surface area contributed by atoms with Gasteiger partial charge in [0.25, 0.3) is 5.69 Å². The number of nitrogens with zero attached hydrogens (tertiary/aromatic N) is 4. The van der Waals surface area contributed by atoms with Crippen LogP contribution in [0.1, 0.15) is 10.4 Å². The van der Waals surface area contributed by atoms with E-state index < -0.39 is 4.92 Å². The van der Waals surface area contributed by atoms with Crippen LogP contribution in [0.5, 0.6) is 0 Å². The van der Waals surface area contributed by atoms with E-state index in [2.05, 4.69) is 14.8 Å². The smallest absolute Gasteiger partial charge is 0.270 e. The minimum Gasteiger partial charge on any atom is -0.368 e. The molecule has 1 aromatic heterocycles. The van der Waals surface area contributed by atoms with Gasteiger partial charge in [0.15, 0.2) is 6.29 Å². The third-order valence-electron chi connectivity index (χ3n) is 4.00. The molecule has 0 radical (unpaired) electrons. The van der Waals surface area contributed by atoms with E-state index in [9.17, 15) is 14.9 Å². The summed E-state index contributed by atoms with van der Waals surface area (Å²) in [6, 6.07) is 8.37. The Morgan fingerprint density at radius 1 is 1.04 bits per heavy atom. The fraction of sp³-hybridized carbons (Fsp3) is 0.250. The van der Waals surface area contributed by atoms with Crippen molar-refractivity contribution in [2.45, 2.75) is 0 Å². The van der Waals surface area contributed by atoms with E-state index in [1.165, 1.54) is 12.1 Å². The number of carbonyl (C=O) groups excluding carboxylic acids is 1. The van der Waals surface area contributed by atoms with E-state index in [0.717, 1.165) is 37.6 Å². The molecule has 0 saturated carbocycles. The zero-order chi connectivity index (χ0) is 16.2. The molecule has 1 saturated heterocycles. The molecule has 0 N–H and O–H groups in total. The van der Waals surface area contributed by atoms with Crippen LogP contribution in [0.15, 0.2) is 42.7 Å². The van der Waals surface area contributed by atoms with Crippen LogP contribution in [0, 0.1) is 10.1 Å². The lowest BCUT2D eigenvalue weighted by Gasteiger charge is -2.37. The Balaban J connectivity index is 1.75. The van der Waals surface area contributed by atoms with Gasteiger partial charge in [0, 0.05) is 67.6 Å². The summed E-state index contributed by atoms with van der Waals surface area (Å²) in [6.07, 6.45) is 4.21. The van der Waals surface area contributed by atoms with E-state index in [-0.39, 0.29) is 5.69 Å². The molecule has 1 aromatic carbocycles. The van der Waals surface area contributed by atoms with Crippen molar-refractivity contribution in [2.75, 3.05) is 36.0 Å². The number of rotatable bonds is 4. The maximum absolute atomic E-state index is 11.3. The Labute approximate surface area is 133 Å². The summed E-state index contributed by atoms with van der Waals surface area (Å²) < 4.78 is 0. The van der Waals surface area contributed by atoms with Gasteiger partial charge in [0.05, 0.1) is 4.92 Å². The number of non-ortho nitro benzene ring substituents is 1. The highest BCUT2D eigenvalue weighted by Gasteiger charge is 2.21. The third-order valence-corrected chi connectivity index (χ3v) is 4.00. The Morgan fingerprint density at radius 3 is 2.30 bits per heavy atom. The van der Waals surface area contributed by atoms with Gasteiger partial charge in [-0.1, -0.05) is 0 Å². The molecule has 0 unspecified atom stereocenters. The van der Waals surface area contributed by atoms with E-state index in [4.69, 9.17) is 0 Å². The quantitative estimate of drug-likeness (QED) is 0.489. The van der Waals surface area contributed by atoms with Crippen molar-refractivity contribution in [2.24, 2.45) is 0 Å². The van der Waals surface area contributed by atoms with Gasteiger partial charge in [-0.3, -0.25) is 19.9 Å². The second kappa shape index (κ2) is 6.43. The lowest BCUT2D eigenvalue weighted by molar-refractivity contribution is -0.384. The zero-order valence-electron chi connectivity index (χ0n) is 12.5. The second-order valence-corrected chi connectivity index (χ2v) is 5.30. The maximum Gasteiger partial charge on any atom is 0.270 e. The van der Waals surface area contributed by atoms with Gasteiger partial charge >= 0.3 is 0 Å². The molecule has 1 fully saturated rings. The number of benzene rings is 1. The summed E-state index contributed by atoms with van der Waals surface area (Å²) in [4.78, 5) is 30.0. The molecule has 7 heteroatoms. The highest BCUT2D eigenvalue weighted by Crippen LogP contribution is 2.26. The summed E-state index contributed by atoms with van der Waals surface area (Å²) >= 11 is 0. The first-order valence-electron chi connectivity index (χ1n) is 7.32. The van der Waals surface area contributed by atoms with Crippen molar-refractivity contribution in [3.05, 3.63) is 58.4 Å². The minimum absolute atomic E-state index is 0.0636. The number of piperazine rings is 1. The topological polar surface area (TPSA) is 79.6 Å². The Kier molecular flexibility index (Phi) is 4.18. The van der Waals surface area contributed by atoms with Crippen molar-refractivity contribution in [3.63, 3.8) is 0 Å². The number of aldehydes is 1. The molecule has 2 aromatic rings. The van der Waals surface area contributed by atoms with Gasteiger partial charge in [0.2, 0.25) is 0 Å². The summed E-state index contributed by atoms with van der Waals surface area (Å²) in [6.45, 7) is 3.14. The molecular weight excluding hydrogens is 296 g/mol. The van der Waals surface area contributed by atoms with Crippen LogP contribution in [-0.2, 0) is 0 Å². The Hall–Kier alpha value is -2.96. The molecule has 118 valence electrons. The zero-order valence-corrected chi connectivity index (χ0v) is 12.5. The van der Waals surface area contributed by atoms with Crippen LogP contribution >= 0.6 is 0 Å². The molecule has 0 atom stereocenters. The van der Waals surface area contributed by atoms with Gasteiger partial charge in [-0.2, -0.15) is 0 Å². The summed E-state index contributed by atoms with van der Waals surface area (Å²) in [5, 5.41) is 10.8. The number of nitro benzene ring substituents is 1. The van der Waals surface area contributed by atoms with Crippen LogP contribution in [0.4, 0.5) is 17.1 Å². The molecule has 0 aliphatic carbocycles. The summed E-state index contributed by atoms with van der Waals surface area (Å²) in [5.74, 6) is 0. The fourth-order valence-corrected chi connectivity index (χ4v) is 2.80. The van der Waals surface area contributed by atoms with E-state index in [1.54, 1.807) is 18.5 Å². The largest absolute Gasteiger partial charge is 0.368 e. The first-order valence-corrected chi connectivity index (χ1v) is 7.32. The van der Waals surface area contributed by atoms with E-state index >= 15 is 0 Å². The van der Waals surface area contributed by atoms with Crippen LogP contribution in [0.25, 0.3) is 0 Å². The summed E-state index contributed by atoms with van der Waals surface area (Å²) in [5.41, 5.74) is 2.17. The first-order chi connectivity index (χ1) is 11.2. The molecule has 0 spiro atoms. The highest BCUT2D eigenvalue weighted by atomic mass is 16.6. The molecule has 1 aliphatic rings. The van der Waals surface area contributed by atoms with Gasteiger partial charge in [0.1, 0.15) is 0 Å². The molecule has 7 nitrogen and oxygen atoms in total. The molecule has 23 heavy (non-hydrogen) atoms. The number of hydrogen-bond donors (Lipinski definition) is 0. The molecule has 1 aliphatic heterocycles. The molecule has 2 heterocycles. The second-order valence-electron chi connectivity index (χ2n) is 5.30. The van der Waals surface area contributed by atoms with E-state index in [0.29, 0.717) is 11.8 Å². The summed E-state index contributed by atoms with van der Waals surface area (Å²) in [7, 11) is 0. The van der Waals surface area contributed by atoms with Crippen molar-refractivity contribution >= 4 is 23.3 Å². The number of pyridine rings is 1. The fourth-order valence-electron chi connectivity index (χ4n) is 2.80. The van der Waals surface area contributed by atoms with Crippen LogP contribution in [-0.4, -0.2) is 42.4 Å². The van der Waals surface area contributed by atoms with Crippen LogP contribution < -0.4 is 9.80 Å². The van der Waals surface area contributed by atoms with Crippen molar-refractivity contribution in [1.29, 1.82) is 0 Å². The number of nitro groups is 1. The lowest BCUT2D eigenvalue weighted by atomic mass is 10.1. The third kappa shape index (κ3) is 3.13. The average molecular weight is 312 g/mol. The van der Waals surface area contributed by atoms with Crippen LogP contribution in [0.3, 0.4) is 0 Å². The predicted octanol–water partition coefficient (Wildman–Crippen LogP) is 2.13. The van der Waals surface area contributed by atoms with Gasteiger partial charge in [-0.05, 0) is 18.2 Å². The normalized spacial score (nSPS) is 14.6. The number of anilines is 2. The van der Waals surface area contributed by atoms with Crippen molar-refractivity contribution in [1.82, 2.24) is 4.98 Å². The van der Waals surface area contributed by atoms with E-state index in [1.807, 2.05) is 12.1 Å². The Bertz CT molecular complexity index is 713. The monoisotopic (exact) mass is 312 g/mol. The number of hydrogen-bond acceptors (Lipinski definition) is 6. The molecular formula is C16H16N4O3. The average Bonchev–Trinajstić information content (AvgIpc) is 2.62. The van der Waals surface area contributed by atoms with Gasteiger partial charge < -0.3 is 9.80 Å². The lowest BCUT2D eigenvalue weighted by Crippen LogP contribution is -2.46. The molecule has 0 amide bonds. The van der Waals surface area contributed by atoms with Gasteiger partial charge in [-0.25, -0.2) is 0 Å². The first kappa shape index (κ1) is 15.0. The maximum atomic E-state index is 11.3. The van der Waals surface area contributed by atoms with Gasteiger partial charge in [-0.15, -0.1) is 0 Å².